The fraction of sp³-hybridized carbons (Fsp3) is 0.231. The number of amides is 1. The van der Waals surface area contributed by atoms with Gasteiger partial charge in [-0.2, -0.15) is 16.9 Å². The molecule has 3 aromatic rings. The highest BCUT2D eigenvalue weighted by Gasteiger charge is 2.27. The molecule has 3 aromatic carbocycles. The van der Waals surface area contributed by atoms with Crippen LogP contribution < -0.4 is 14.5 Å². The number of rotatable bonds is 9. The normalized spacial score (nSPS) is 13.9. The number of nitrogens with one attached hydrogen (secondary N) is 1. The molecule has 0 unspecified atom stereocenters. The van der Waals surface area contributed by atoms with Crippen molar-refractivity contribution in [3.63, 3.8) is 0 Å². The third-order valence-electron chi connectivity index (χ3n) is 5.57. The first kappa shape index (κ1) is 24.8. The molecule has 0 saturated carbocycles. The summed E-state index contributed by atoms with van der Waals surface area (Å²) in [7, 11) is -3.97. The molecular formula is C26H27N3O4S2. The van der Waals surface area contributed by atoms with Gasteiger partial charge < -0.3 is 4.74 Å². The Kier molecular flexibility index (Phi) is 7.77. The summed E-state index contributed by atoms with van der Waals surface area (Å²) in [4.78, 5) is 12.9. The number of hydrazone groups is 1. The van der Waals surface area contributed by atoms with Crippen LogP contribution in [-0.2, 0) is 14.8 Å². The summed E-state index contributed by atoms with van der Waals surface area (Å²) in [5, 5.41) is 4.02. The number of benzene rings is 3. The summed E-state index contributed by atoms with van der Waals surface area (Å²) in [6.45, 7) is 3.43. The largest absolute Gasteiger partial charge is 0.489 e. The Balaban J connectivity index is 1.49. The average molecular weight is 510 g/mol. The SMILES string of the molecule is Cc1ccc(N(CC(=O)N/N=C\c2cccc(OC3CSC3)c2)S(=O)(=O)c2ccccc2)cc1C. The zero-order valence-corrected chi connectivity index (χ0v) is 21.2. The van der Waals surface area contributed by atoms with Crippen molar-refractivity contribution >= 4 is 39.6 Å². The van der Waals surface area contributed by atoms with E-state index in [4.69, 9.17) is 4.74 Å². The van der Waals surface area contributed by atoms with Gasteiger partial charge in [0.1, 0.15) is 18.4 Å². The second kappa shape index (κ2) is 11.0. The molecule has 1 amide bonds. The molecule has 7 nitrogen and oxygen atoms in total. The minimum Gasteiger partial charge on any atom is -0.489 e. The first-order chi connectivity index (χ1) is 16.8. The van der Waals surface area contributed by atoms with Crippen LogP contribution in [0.15, 0.2) is 82.8 Å². The Morgan fingerprint density at radius 2 is 1.83 bits per heavy atom. The first-order valence-electron chi connectivity index (χ1n) is 11.1. The van der Waals surface area contributed by atoms with Crippen molar-refractivity contribution in [2.75, 3.05) is 22.4 Å². The number of carbonyl (C=O) groups is 1. The van der Waals surface area contributed by atoms with E-state index in [9.17, 15) is 13.2 Å². The zero-order valence-electron chi connectivity index (χ0n) is 19.5. The molecule has 0 aliphatic carbocycles. The lowest BCUT2D eigenvalue weighted by molar-refractivity contribution is -0.119. The van der Waals surface area contributed by atoms with Gasteiger partial charge in [-0.25, -0.2) is 13.8 Å². The highest BCUT2D eigenvalue weighted by atomic mass is 32.2. The Labute approximate surface area is 210 Å². The van der Waals surface area contributed by atoms with E-state index in [-0.39, 0.29) is 11.0 Å². The molecule has 0 atom stereocenters. The lowest BCUT2D eigenvalue weighted by Crippen LogP contribution is -2.39. The van der Waals surface area contributed by atoms with E-state index in [2.05, 4.69) is 10.5 Å². The molecule has 9 heteroatoms. The summed E-state index contributed by atoms with van der Waals surface area (Å²) in [6, 6.07) is 20.8. The minimum atomic E-state index is -3.97. The van der Waals surface area contributed by atoms with Gasteiger partial charge in [0.05, 0.1) is 16.8 Å². The number of sulfonamides is 1. The molecule has 1 N–H and O–H groups in total. The second-order valence-electron chi connectivity index (χ2n) is 8.24. The molecule has 4 rings (SSSR count). The van der Waals surface area contributed by atoms with Gasteiger partial charge >= 0.3 is 0 Å². The van der Waals surface area contributed by atoms with E-state index in [0.29, 0.717) is 5.69 Å². The number of thioether (sulfide) groups is 1. The van der Waals surface area contributed by atoms with Crippen molar-refractivity contribution in [2.24, 2.45) is 5.10 Å². The molecule has 1 saturated heterocycles. The molecule has 0 radical (unpaired) electrons. The number of aryl methyl sites for hydroxylation is 2. The van der Waals surface area contributed by atoms with Crippen LogP contribution in [0.3, 0.4) is 0 Å². The lowest BCUT2D eigenvalue weighted by atomic mass is 10.1. The van der Waals surface area contributed by atoms with Crippen LogP contribution in [0, 0.1) is 13.8 Å². The Hall–Kier alpha value is -3.30. The van der Waals surface area contributed by atoms with E-state index in [0.717, 1.165) is 38.3 Å². The van der Waals surface area contributed by atoms with E-state index < -0.39 is 22.5 Å². The maximum Gasteiger partial charge on any atom is 0.264 e. The maximum absolute atomic E-state index is 13.4. The van der Waals surface area contributed by atoms with Gasteiger partial charge in [-0.15, -0.1) is 0 Å². The van der Waals surface area contributed by atoms with Gasteiger partial charge in [-0.1, -0.05) is 36.4 Å². The average Bonchev–Trinajstić information content (AvgIpc) is 2.82. The van der Waals surface area contributed by atoms with E-state index in [1.54, 1.807) is 30.3 Å². The van der Waals surface area contributed by atoms with Gasteiger partial charge in [0, 0.05) is 11.5 Å². The number of carbonyl (C=O) groups excluding carboxylic acids is 1. The van der Waals surface area contributed by atoms with Gasteiger partial charge in [0.2, 0.25) is 0 Å². The highest BCUT2D eigenvalue weighted by Crippen LogP contribution is 2.26. The molecule has 1 heterocycles. The van der Waals surface area contributed by atoms with Crippen molar-refractivity contribution in [3.8, 4) is 5.75 Å². The lowest BCUT2D eigenvalue weighted by Gasteiger charge is -2.25. The molecule has 1 aliphatic rings. The molecule has 0 aromatic heterocycles. The summed E-state index contributed by atoms with van der Waals surface area (Å²) < 4.78 is 33.8. The van der Waals surface area contributed by atoms with Gasteiger partial charge in [0.15, 0.2) is 0 Å². The first-order valence-corrected chi connectivity index (χ1v) is 13.7. The second-order valence-corrected chi connectivity index (χ2v) is 11.2. The van der Waals surface area contributed by atoms with Gasteiger partial charge in [0.25, 0.3) is 15.9 Å². The van der Waals surface area contributed by atoms with Crippen LogP contribution in [0.1, 0.15) is 16.7 Å². The van der Waals surface area contributed by atoms with Crippen LogP contribution in [0.25, 0.3) is 0 Å². The third-order valence-corrected chi connectivity index (χ3v) is 8.57. The monoisotopic (exact) mass is 509 g/mol. The molecular weight excluding hydrogens is 482 g/mol. The zero-order chi connectivity index (χ0) is 24.8. The fourth-order valence-corrected chi connectivity index (χ4v) is 5.40. The molecule has 1 fully saturated rings. The summed E-state index contributed by atoms with van der Waals surface area (Å²) >= 11 is 1.84. The smallest absolute Gasteiger partial charge is 0.264 e. The maximum atomic E-state index is 13.4. The Bertz CT molecular complexity index is 1320. The van der Waals surface area contributed by atoms with Crippen LogP contribution in [0.2, 0.25) is 0 Å². The highest BCUT2D eigenvalue weighted by molar-refractivity contribution is 8.00. The van der Waals surface area contributed by atoms with Crippen molar-refractivity contribution in [2.45, 2.75) is 24.8 Å². The molecule has 35 heavy (non-hydrogen) atoms. The predicted octanol–water partition coefficient (Wildman–Crippen LogP) is 4.14. The van der Waals surface area contributed by atoms with Crippen LogP contribution >= 0.6 is 11.8 Å². The van der Waals surface area contributed by atoms with Crippen LogP contribution in [0.5, 0.6) is 5.75 Å². The third kappa shape index (κ3) is 6.23. The van der Waals surface area contributed by atoms with E-state index in [1.807, 2.05) is 55.9 Å². The van der Waals surface area contributed by atoms with Crippen molar-refractivity contribution < 1.29 is 17.9 Å². The number of nitrogens with zero attached hydrogens (tertiary/aromatic N) is 2. The number of ether oxygens (including phenoxy) is 1. The molecule has 0 bridgehead atoms. The van der Waals surface area contributed by atoms with Crippen molar-refractivity contribution in [1.82, 2.24) is 5.43 Å². The fourth-order valence-electron chi connectivity index (χ4n) is 3.40. The van der Waals surface area contributed by atoms with E-state index >= 15 is 0 Å². The number of hydrogen-bond donors (Lipinski definition) is 1. The van der Waals surface area contributed by atoms with Crippen molar-refractivity contribution in [3.05, 3.63) is 89.5 Å². The predicted molar refractivity (Wildman–Crippen MR) is 141 cm³/mol. The molecule has 0 spiro atoms. The summed E-state index contributed by atoms with van der Waals surface area (Å²) in [5.41, 5.74) is 5.57. The minimum absolute atomic E-state index is 0.108. The van der Waals surface area contributed by atoms with Crippen molar-refractivity contribution in [1.29, 1.82) is 0 Å². The van der Waals surface area contributed by atoms with Gasteiger partial charge in [-0.05, 0) is 66.9 Å². The summed E-state index contributed by atoms with van der Waals surface area (Å²) in [5.74, 6) is 2.16. The van der Waals surface area contributed by atoms with Crippen LogP contribution in [-0.4, -0.2) is 44.7 Å². The van der Waals surface area contributed by atoms with E-state index in [1.165, 1.54) is 18.3 Å². The molecule has 182 valence electrons. The molecule has 1 aliphatic heterocycles. The quantitative estimate of drug-likeness (QED) is 0.346. The Morgan fingerprint density at radius 3 is 2.51 bits per heavy atom. The number of hydrogen-bond acceptors (Lipinski definition) is 6. The topological polar surface area (TPSA) is 88.1 Å². The standard InChI is InChI=1S/C26H27N3O4S2/c1-19-11-12-22(13-20(19)2)29(35(31,32)25-9-4-3-5-10-25)16-26(30)28-27-15-21-7-6-8-23(14-21)33-24-17-34-18-24/h3-15,24H,16-18H2,1-2H3,(H,28,30)/b27-15-. The van der Waals surface area contributed by atoms with Gasteiger partial charge in [-0.3, -0.25) is 9.10 Å². The number of anilines is 1. The summed E-state index contributed by atoms with van der Waals surface area (Å²) in [6.07, 6.45) is 1.74. The Morgan fingerprint density at radius 1 is 1.06 bits per heavy atom. The van der Waals surface area contributed by atoms with Crippen LogP contribution in [0.4, 0.5) is 5.69 Å².